The highest BCUT2D eigenvalue weighted by molar-refractivity contribution is 7.89. The quantitative estimate of drug-likeness (QED) is 0.596. The van der Waals surface area contributed by atoms with Crippen molar-refractivity contribution in [1.82, 2.24) is 9.62 Å². The van der Waals surface area contributed by atoms with Gasteiger partial charge in [0.2, 0.25) is 15.9 Å². The molecule has 0 aromatic heterocycles. The van der Waals surface area contributed by atoms with Gasteiger partial charge in [-0.15, -0.1) is 0 Å². The standard InChI is InChI=1S/C27H38N2O4S/c1-17(2)23-8-9-25(33-7)26(16-23)34(31,32)29-12-10-22(11-13-29)27(30)28-21(6)24-15-19(4)18(3)14-20(24)5/h8-9,14-17,21-22H,10-13H2,1-7H3,(H,28,30). The van der Waals surface area contributed by atoms with Crippen LogP contribution in [0.3, 0.4) is 0 Å². The minimum absolute atomic E-state index is 0.0124. The predicted molar refractivity (Wildman–Crippen MR) is 136 cm³/mol. The van der Waals surface area contributed by atoms with E-state index in [1.165, 1.54) is 22.5 Å². The Balaban J connectivity index is 1.69. The van der Waals surface area contributed by atoms with E-state index in [0.29, 0.717) is 31.7 Å². The second kappa shape index (κ2) is 10.5. The van der Waals surface area contributed by atoms with Gasteiger partial charge in [-0.1, -0.05) is 32.0 Å². The van der Waals surface area contributed by atoms with E-state index < -0.39 is 10.0 Å². The molecule has 0 saturated carbocycles. The van der Waals surface area contributed by atoms with E-state index in [4.69, 9.17) is 4.74 Å². The van der Waals surface area contributed by atoms with Gasteiger partial charge in [-0.2, -0.15) is 4.31 Å². The average Bonchev–Trinajstić information content (AvgIpc) is 2.80. The Labute approximate surface area is 204 Å². The molecule has 7 heteroatoms. The lowest BCUT2D eigenvalue weighted by atomic mass is 9.94. The van der Waals surface area contributed by atoms with Crippen molar-refractivity contribution < 1.29 is 17.9 Å². The van der Waals surface area contributed by atoms with Crippen LogP contribution in [0.15, 0.2) is 35.2 Å². The molecule has 1 aliphatic rings. The molecule has 34 heavy (non-hydrogen) atoms. The molecule has 6 nitrogen and oxygen atoms in total. The second-order valence-electron chi connectivity index (χ2n) is 9.77. The summed E-state index contributed by atoms with van der Waals surface area (Å²) in [5, 5.41) is 3.15. The van der Waals surface area contributed by atoms with Crippen molar-refractivity contribution in [3.05, 3.63) is 58.1 Å². The van der Waals surface area contributed by atoms with Crippen LogP contribution in [0.2, 0.25) is 0 Å². The minimum Gasteiger partial charge on any atom is -0.495 e. The van der Waals surface area contributed by atoms with Gasteiger partial charge in [0.05, 0.1) is 13.2 Å². The zero-order valence-electron chi connectivity index (χ0n) is 21.4. The number of hydrogen-bond acceptors (Lipinski definition) is 4. The summed E-state index contributed by atoms with van der Waals surface area (Å²) >= 11 is 0. The number of ether oxygens (including phenoxy) is 1. The van der Waals surface area contributed by atoms with E-state index in [1.807, 2.05) is 26.8 Å². The van der Waals surface area contributed by atoms with Crippen molar-refractivity contribution in [2.75, 3.05) is 20.2 Å². The third kappa shape index (κ3) is 5.47. The Morgan fingerprint density at radius 3 is 2.21 bits per heavy atom. The van der Waals surface area contributed by atoms with Gasteiger partial charge in [0, 0.05) is 19.0 Å². The number of rotatable bonds is 7. The van der Waals surface area contributed by atoms with E-state index in [-0.39, 0.29) is 28.7 Å². The fourth-order valence-electron chi connectivity index (χ4n) is 4.61. The van der Waals surface area contributed by atoms with Gasteiger partial charge >= 0.3 is 0 Å². The number of aryl methyl sites for hydroxylation is 3. The van der Waals surface area contributed by atoms with Crippen LogP contribution in [0.1, 0.15) is 73.4 Å². The number of carbonyl (C=O) groups excluding carboxylic acids is 1. The Bertz CT molecular complexity index is 1150. The maximum Gasteiger partial charge on any atom is 0.246 e. The highest BCUT2D eigenvalue weighted by Gasteiger charge is 2.34. The normalized spacial score (nSPS) is 16.5. The summed E-state index contributed by atoms with van der Waals surface area (Å²) in [6.07, 6.45) is 0.992. The van der Waals surface area contributed by atoms with Crippen LogP contribution in [0.4, 0.5) is 0 Å². The summed E-state index contributed by atoms with van der Waals surface area (Å²) in [5.41, 5.74) is 5.67. The number of methoxy groups -OCH3 is 1. The van der Waals surface area contributed by atoms with Crippen LogP contribution in [0.5, 0.6) is 5.75 Å². The molecule has 1 aliphatic heterocycles. The first-order chi connectivity index (χ1) is 15.9. The average molecular weight is 487 g/mol. The lowest BCUT2D eigenvalue weighted by Crippen LogP contribution is -2.43. The number of nitrogens with one attached hydrogen (secondary N) is 1. The molecule has 1 unspecified atom stereocenters. The van der Waals surface area contributed by atoms with Crippen LogP contribution in [-0.2, 0) is 14.8 Å². The second-order valence-corrected chi connectivity index (χ2v) is 11.7. The molecule has 3 rings (SSSR count). The van der Waals surface area contributed by atoms with E-state index >= 15 is 0 Å². The Morgan fingerprint density at radius 1 is 1.00 bits per heavy atom. The molecule has 1 saturated heterocycles. The maximum absolute atomic E-state index is 13.4. The third-order valence-electron chi connectivity index (χ3n) is 7.00. The number of amides is 1. The number of nitrogens with zero attached hydrogens (tertiary/aromatic N) is 1. The Hall–Kier alpha value is -2.38. The molecular weight excluding hydrogens is 448 g/mol. The summed E-state index contributed by atoms with van der Waals surface area (Å²) in [7, 11) is -2.23. The van der Waals surface area contributed by atoms with Crippen LogP contribution in [0, 0.1) is 26.7 Å². The molecule has 0 radical (unpaired) electrons. The molecule has 1 fully saturated rings. The van der Waals surface area contributed by atoms with Crippen LogP contribution >= 0.6 is 0 Å². The van der Waals surface area contributed by atoms with Gasteiger partial charge in [0.25, 0.3) is 0 Å². The lowest BCUT2D eigenvalue weighted by molar-refractivity contribution is -0.126. The van der Waals surface area contributed by atoms with Crippen molar-refractivity contribution in [3.8, 4) is 5.75 Å². The van der Waals surface area contributed by atoms with Gasteiger partial charge in [-0.3, -0.25) is 4.79 Å². The molecular formula is C27H38N2O4S. The highest BCUT2D eigenvalue weighted by Crippen LogP contribution is 2.32. The van der Waals surface area contributed by atoms with Crippen molar-refractivity contribution in [2.24, 2.45) is 5.92 Å². The first-order valence-electron chi connectivity index (χ1n) is 12.0. The molecule has 186 valence electrons. The topological polar surface area (TPSA) is 75.7 Å². The van der Waals surface area contributed by atoms with Crippen molar-refractivity contribution in [1.29, 1.82) is 0 Å². The zero-order valence-corrected chi connectivity index (χ0v) is 22.3. The number of hydrogen-bond donors (Lipinski definition) is 1. The van der Waals surface area contributed by atoms with Crippen molar-refractivity contribution in [3.63, 3.8) is 0 Å². The molecule has 1 amide bonds. The smallest absolute Gasteiger partial charge is 0.246 e. The number of carbonyl (C=O) groups is 1. The molecule has 2 aromatic carbocycles. The summed E-state index contributed by atoms with van der Waals surface area (Å²) in [4.78, 5) is 13.2. The van der Waals surface area contributed by atoms with E-state index in [1.54, 1.807) is 12.1 Å². The van der Waals surface area contributed by atoms with Crippen LogP contribution in [0.25, 0.3) is 0 Å². The fraction of sp³-hybridized carbons (Fsp3) is 0.519. The summed E-state index contributed by atoms with van der Waals surface area (Å²) in [6, 6.07) is 9.53. The summed E-state index contributed by atoms with van der Waals surface area (Å²) < 4.78 is 33.7. The van der Waals surface area contributed by atoms with Gasteiger partial charge in [0.1, 0.15) is 10.6 Å². The summed E-state index contributed by atoms with van der Waals surface area (Å²) in [5.74, 6) is 0.338. The molecule has 1 N–H and O–H groups in total. The highest BCUT2D eigenvalue weighted by atomic mass is 32.2. The van der Waals surface area contributed by atoms with Crippen LogP contribution in [-0.4, -0.2) is 38.8 Å². The van der Waals surface area contributed by atoms with Gasteiger partial charge in [-0.25, -0.2) is 8.42 Å². The van der Waals surface area contributed by atoms with E-state index in [2.05, 4.69) is 38.2 Å². The number of sulfonamides is 1. The SMILES string of the molecule is COc1ccc(C(C)C)cc1S(=O)(=O)N1CCC(C(=O)NC(C)c2cc(C)c(C)cc2C)CC1. The summed E-state index contributed by atoms with van der Waals surface area (Å²) in [6.45, 7) is 12.9. The fourth-order valence-corrected chi connectivity index (χ4v) is 6.27. The van der Waals surface area contributed by atoms with Crippen molar-refractivity contribution in [2.45, 2.75) is 71.2 Å². The lowest BCUT2D eigenvalue weighted by Gasteiger charge is -2.32. The van der Waals surface area contributed by atoms with Gasteiger partial charge in [0.15, 0.2) is 0 Å². The van der Waals surface area contributed by atoms with Gasteiger partial charge in [-0.05, 0) is 86.4 Å². The van der Waals surface area contributed by atoms with Crippen LogP contribution < -0.4 is 10.1 Å². The molecule has 0 spiro atoms. The van der Waals surface area contributed by atoms with Crippen molar-refractivity contribution >= 4 is 15.9 Å². The predicted octanol–water partition coefficient (Wildman–Crippen LogP) is 5.02. The monoisotopic (exact) mass is 486 g/mol. The number of piperidine rings is 1. The Kier molecular flexibility index (Phi) is 8.09. The first kappa shape index (κ1) is 26.2. The maximum atomic E-state index is 13.4. The molecule has 1 heterocycles. The molecule has 1 atom stereocenters. The third-order valence-corrected chi connectivity index (χ3v) is 8.92. The van der Waals surface area contributed by atoms with E-state index in [0.717, 1.165) is 16.7 Å². The molecule has 0 bridgehead atoms. The molecule has 0 aliphatic carbocycles. The largest absolute Gasteiger partial charge is 0.495 e. The minimum atomic E-state index is -3.71. The van der Waals surface area contributed by atoms with Gasteiger partial charge < -0.3 is 10.1 Å². The zero-order chi connectivity index (χ0) is 25.2. The molecule has 2 aromatic rings. The first-order valence-corrected chi connectivity index (χ1v) is 13.5. The number of benzene rings is 2. The Morgan fingerprint density at radius 2 is 1.62 bits per heavy atom. The van der Waals surface area contributed by atoms with E-state index in [9.17, 15) is 13.2 Å².